The van der Waals surface area contributed by atoms with Crippen LogP contribution >= 0.6 is 0 Å². The standard InChI is InChI=1S/C24H34N2O2/c27-23(26-19-11-10-18-25-22-16-8-3-9-17-22)24(28,20-12-4-1-5-13-20)21-14-6-2-7-15-21/h1,4-5,12-13,21-22,25,28H,2-3,6-9,14-19H2,(H,26,27). The first-order valence-electron chi connectivity index (χ1n) is 11.0. The summed E-state index contributed by atoms with van der Waals surface area (Å²) in [4.78, 5) is 13.0. The number of rotatable bonds is 6. The molecule has 28 heavy (non-hydrogen) atoms. The van der Waals surface area contributed by atoms with Crippen LogP contribution in [0.3, 0.4) is 0 Å². The second-order valence-electron chi connectivity index (χ2n) is 8.22. The van der Waals surface area contributed by atoms with Gasteiger partial charge in [0.1, 0.15) is 0 Å². The maximum absolute atomic E-state index is 13.0. The van der Waals surface area contributed by atoms with E-state index in [1.165, 1.54) is 38.5 Å². The van der Waals surface area contributed by atoms with Crippen LogP contribution in [-0.2, 0) is 10.4 Å². The van der Waals surface area contributed by atoms with Crippen molar-refractivity contribution >= 4 is 5.91 Å². The summed E-state index contributed by atoms with van der Waals surface area (Å²) in [6.45, 7) is 0.930. The van der Waals surface area contributed by atoms with E-state index in [0.29, 0.717) is 18.2 Å². The third kappa shape index (κ3) is 5.37. The zero-order chi connectivity index (χ0) is 19.7. The Morgan fingerprint density at radius 1 is 0.929 bits per heavy atom. The summed E-state index contributed by atoms with van der Waals surface area (Å²) >= 11 is 0. The Labute approximate surface area is 169 Å². The molecule has 3 rings (SSSR count). The lowest BCUT2D eigenvalue weighted by molar-refractivity contribution is -0.149. The molecular formula is C24H34N2O2. The molecule has 4 heteroatoms. The lowest BCUT2D eigenvalue weighted by atomic mass is 9.73. The minimum atomic E-state index is -1.47. The second-order valence-corrected chi connectivity index (χ2v) is 8.22. The number of amides is 1. The zero-order valence-corrected chi connectivity index (χ0v) is 16.9. The number of nitrogens with one attached hydrogen (secondary N) is 2. The lowest BCUT2D eigenvalue weighted by Gasteiger charge is -2.37. The van der Waals surface area contributed by atoms with Crippen molar-refractivity contribution in [3.05, 3.63) is 35.9 Å². The highest BCUT2D eigenvalue weighted by molar-refractivity contribution is 5.87. The van der Waals surface area contributed by atoms with E-state index in [2.05, 4.69) is 22.5 Å². The van der Waals surface area contributed by atoms with Crippen LogP contribution in [-0.4, -0.2) is 30.1 Å². The van der Waals surface area contributed by atoms with Gasteiger partial charge >= 0.3 is 0 Å². The Bertz CT molecular complexity index is 667. The van der Waals surface area contributed by atoms with Gasteiger partial charge in [0.05, 0.1) is 13.1 Å². The molecule has 152 valence electrons. The van der Waals surface area contributed by atoms with Crippen LogP contribution in [0.25, 0.3) is 0 Å². The van der Waals surface area contributed by atoms with Gasteiger partial charge in [0.2, 0.25) is 0 Å². The monoisotopic (exact) mass is 382 g/mol. The summed E-state index contributed by atoms with van der Waals surface area (Å²) in [6.07, 6.45) is 11.5. The molecule has 0 aromatic heterocycles. The van der Waals surface area contributed by atoms with E-state index < -0.39 is 5.60 Å². The van der Waals surface area contributed by atoms with Crippen molar-refractivity contribution in [1.29, 1.82) is 0 Å². The van der Waals surface area contributed by atoms with Gasteiger partial charge in [-0.1, -0.05) is 80.7 Å². The highest BCUT2D eigenvalue weighted by Gasteiger charge is 2.45. The SMILES string of the molecule is O=C(NCC#CCNC1CCCCC1)C(O)(c1ccccc1)C1CCCCC1. The van der Waals surface area contributed by atoms with Gasteiger partial charge in [0.15, 0.2) is 5.60 Å². The fourth-order valence-corrected chi connectivity index (χ4v) is 4.65. The molecule has 4 nitrogen and oxygen atoms in total. The fraction of sp³-hybridized carbons (Fsp3) is 0.625. The minimum Gasteiger partial charge on any atom is -0.375 e. The van der Waals surface area contributed by atoms with Crippen molar-refractivity contribution in [3.8, 4) is 11.8 Å². The highest BCUT2D eigenvalue weighted by atomic mass is 16.3. The third-order valence-corrected chi connectivity index (χ3v) is 6.30. The van der Waals surface area contributed by atoms with Gasteiger partial charge < -0.3 is 15.7 Å². The molecule has 0 heterocycles. The van der Waals surface area contributed by atoms with Crippen LogP contribution < -0.4 is 10.6 Å². The smallest absolute Gasteiger partial charge is 0.257 e. The molecule has 0 aliphatic heterocycles. The van der Waals surface area contributed by atoms with Gasteiger partial charge in [-0.15, -0.1) is 0 Å². The van der Waals surface area contributed by atoms with Crippen molar-refractivity contribution in [2.45, 2.75) is 75.9 Å². The van der Waals surface area contributed by atoms with E-state index in [9.17, 15) is 9.90 Å². The van der Waals surface area contributed by atoms with E-state index in [0.717, 1.165) is 25.7 Å². The van der Waals surface area contributed by atoms with Crippen LogP contribution in [0.15, 0.2) is 30.3 Å². The number of benzene rings is 1. The van der Waals surface area contributed by atoms with Gasteiger partial charge in [0, 0.05) is 12.0 Å². The van der Waals surface area contributed by atoms with E-state index in [1.807, 2.05) is 30.3 Å². The molecular weight excluding hydrogens is 348 g/mol. The van der Waals surface area contributed by atoms with Crippen molar-refractivity contribution in [1.82, 2.24) is 10.6 Å². The van der Waals surface area contributed by atoms with Crippen LogP contribution in [0.5, 0.6) is 0 Å². The first-order valence-corrected chi connectivity index (χ1v) is 11.0. The summed E-state index contributed by atoms with van der Waals surface area (Å²) in [5, 5.41) is 17.8. The Kier molecular flexibility index (Phi) is 7.94. The van der Waals surface area contributed by atoms with Crippen molar-refractivity contribution in [3.63, 3.8) is 0 Å². The van der Waals surface area contributed by atoms with Crippen LogP contribution in [0.1, 0.15) is 69.8 Å². The third-order valence-electron chi connectivity index (χ3n) is 6.30. The predicted molar refractivity (Wildman–Crippen MR) is 113 cm³/mol. The maximum atomic E-state index is 13.0. The van der Waals surface area contributed by atoms with E-state index in [-0.39, 0.29) is 18.4 Å². The second kappa shape index (κ2) is 10.6. The van der Waals surface area contributed by atoms with Gasteiger partial charge in [-0.05, 0) is 31.2 Å². The number of carbonyl (C=O) groups is 1. The molecule has 1 unspecified atom stereocenters. The molecule has 0 radical (unpaired) electrons. The van der Waals surface area contributed by atoms with Crippen molar-refractivity contribution in [2.75, 3.05) is 13.1 Å². The largest absolute Gasteiger partial charge is 0.375 e. The molecule has 1 aromatic carbocycles. The zero-order valence-electron chi connectivity index (χ0n) is 16.9. The number of hydrogen-bond donors (Lipinski definition) is 3. The first-order chi connectivity index (χ1) is 13.7. The number of hydrogen-bond acceptors (Lipinski definition) is 3. The molecule has 0 spiro atoms. The molecule has 2 saturated carbocycles. The van der Waals surface area contributed by atoms with Crippen molar-refractivity contribution < 1.29 is 9.90 Å². The van der Waals surface area contributed by atoms with Crippen LogP contribution in [0.2, 0.25) is 0 Å². The molecule has 3 N–H and O–H groups in total. The van der Waals surface area contributed by atoms with Gasteiger partial charge in [-0.3, -0.25) is 4.79 Å². The summed E-state index contributed by atoms with van der Waals surface area (Å²) in [5.41, 5.74) is -0.782. The van der Waals surface area contributed by atoms with E-state index in [4.69, 9.17) is 0 Å². The number of aliphatic hydroxyl groups is 1. The number of carbonyl (C=O) groups excluding carboxylic acids is 1. The Hall–Kier alpha value is -1.83. The molecule has 1 amide bonds. The Morgan fingerprint density at radius 3 is 2.21 bits per heavy atom. The average Bonchev–Trinajstić information content (AvgIpc) is 2.77. The summed E-state index contributed by atoms with van der Waals surface area (Å²) < 4.78 is 0. The summed E-state index contributed by atoms with van der Waals surface area (Å²) in [7, 11) is 0. The quantitative estimate of drug-likeness (QED) is 0.660. The lowest BCUT2D eigenvalue weighted by Crippen LogP contribution is -2.50. The van der Waals surface area contributed by atoms with Gasteiger partial charge in [-0.25, -0.2) is 0 Å². The van der Waals surface area contributed by atoms with Crippen LogP contribution in [0, 0.1) is 17.8 Å². The van der Waals surface area contributed by atoms with Crippen LogP contribution in [0.4, 0.5) is 0 Å². The molecule has 1 aromatic rings. The Balaban J connectivity index is 1.55. The van der Waals surface area contributed by atoms with E-state index >= 15 is 0 Å². The molecule has 0 bridgehead atoms. The maximum Gasteiger partial charge on any atom is 0.257 e. The molecule has 2 aliphatic carbocycles. The summed E-state index contributed by atoms with van der Waals surface area (Å²) in [6, 6.07) is 9.97. The molecule has 2 fully saturated rings. The highest BCUT2D eigenvalue weighted by Crippen LogP contribution is 2.39. The minimum absolute atomic E-state index is 0.0374. The molecule has 2 aliphatic rings. The fourth-order valence-electron chi connectivity index (χ4n) is 4.65. The average molecular weight is 383 g/mol. The predicted octanol–water partition coefficient (Wildman–Crippen LogP) is 3.50. The van der Waals surface area contributed by atoms with Gasteiger partial charge in [-0.2, -0.15) is 0 Å². The Morgan fingerprint density at radius 2 is 1.54 bits per heavy atom. The topological polar surface area (TPSA) is 61.4 Å². The summed E-state index contributed by atoms with van der Waals surface area (Å²) in [5.74, 6) is 5.77. The molecule has 1 atom stereocenters. The van der Waals surface area contributed by atoms with Gasteiger partial charge in [0.25, 0.3) is 5.91 Å². The van der Waals surface area contributed by atoms with Crippen molar-refractivity contribution in [2.24, 2.45) is 5.92 Å². The first kappa shape index (κ1) is 20.9. The molecule has 0 saturated heterocycles. The van der Waals surface area contributed by atoms with E-state index in [1.54, 1.807) is 0 Å². The normalized spacial score (nSPS) is 20.6.